The van der Waals surface area contributed by atoms with Crippen LogP contribution in [0.25, 0.3) is 0 Å². The van der Waals surface area contributed by atoms with Crippen molar-refractivity contribution in [3.05, 3.63) is 23.9 Å². The molecule has 2 atom stereocenters. The summed E-state index contributed by atoms with van der Waals surface area (Å²) in [4.78, 5) is 10.7. The molecule has 15 heavy (non-hydrogen) atoms. The van der Waals surface area contributed by atoms with E-state index in [-0.39, 0.29) is 17.8 Å². The normalized spacial score (nSPS) is 21.7. The van der Waals surface area contributed by atoms with Crippen molar-refractivity contribution in [3.8, 4) is 0 Å². The summed E-state index contributed by atoms with van der Waals surface area (Å²) in [6.45, 7) is 2.35. The van der Waals surface area contributed by atoms with Crippen LogP contribution in [0.2, 0.25) is 0 Å². The van der Waals surface area contributed by atoms with Crippen LogP contribution in [0.5, 0.6) is 0 Å². The summed E-state index contributed by atoms with van der Waals surface area (Å²) in [6.07, 6.45) is 4.82. The largest absolute Gasteiger partial charge is 0.478 e. The topological polar surface area (TPSA) is 81.6 Å². The molecule has 0 aromatic rings. The minimum absolute atomic E-state index is 0.181. The van der Waals surface area contributed by atoms with E-state index in [9.17, 15) is 4.79 Å². The third kappa shape index (κ3) is 4.14. The zero-order valence-electron chi connectivity index (χ0n) is 8.60. The Balaban J connectivity index is 2.38. The molecular weight excluding hydrogens is 196 g/mol. The number of nitrogens with one attached hydrogen (secondary N) is 2. The second-order valence-electron chi connectivity index (χ2n) is 3.50. The van der Waals surface area contributed by atoms with Crippen LogP contribution in [0.3, 0.4) is 0 Å². The van der Waals surface area contributed by atoms with Crippen LogP contribution in [-0.2, 0) is 4.79 Å². The van der Waals surface area contributed by atoms with E-state index in [0.29, 0.717) is 13.0 Å². The van der Waals surface area contributed by atoms with Gasteiger partial charge in [0.2, 0.25) is 0 Å². The van der Waals surface area contributed by atoms with Crippen LogP contribution >= 0.6 is 0 Å². The second kappa shape index (κ2) is 5.53. The number of hydrogen-bond acceptors (Lipinski definition) is 4. The Morgan fingerprint density at radius 3 is 3.07 bits per heavy atom. The fourth-order valence-corrected chi connectivity index (χ4v) is 1.23. The number of carbonyl (C=O) groups is 1. The molecule has 0 saturated carbocycles. The number of carboxylic acids is 1. The minimum atomic E-state index is -0.935. The summed E-state index contributed by atoms with van der Waals surface area (Å²) in [6, 6.07) is 0. The predicted octanol–water partition coefficient (Wildman–Crippen LogP) is -0.199. The molecule has 0 bridgehead atoms. The maximum Gasteiger partial charge on any atom is 0.335 e. The summed E-state index contributed by atoms with van der Waals surface area (Å²) in [5.41, 5.74) is 0.267. The van der Waals surface area contributed by atoms with Gasteiger partial charge >= 0.3 is 5.97 Å². The van der Waals surface area contributed by atoms with Crippen molar-refractivity contribution >= 4 is 5.97 Å². The number of dihydropyridines is 1. The number of aliphatic hydroxyl groups is 1. The highest BCUT2D eigenvalue weighted by molar-refractivity contribution is 5.90. The third-order valence-corrected chi connectivity index (χ3v) is 2.06. The van der Waals surface area contributed by atoms with Crippen molar-refractivity contribution in [2.45, 2.75) is 25.6 Å². The molecule has 5 heteroatoms. The molecule has 84 valence electrons. The van der Waals surface area contributed by atoms with Gasteiger partial charge in [0.1, 0.15) is 0 Å². The van der Waals surface area contributed by atoms with E-state index in [2.05, 4.69) is 10.6 Å². The Hall–Kier alpha value is -1.33. The van der Waals surface area contributed by atoms with E-state index in [4.69, 9.17) is 10.2 Å². The molecule has 1 unspecified atom stereocenters. The highest BCUT2D eigenvalue weighted by Crippen LogP contribution is 2.03. The monoisotopic (exact) mass is 212 g/mol. The molecule has 0 fully saturated rings. The van der Waals surface area contributed by atoms with Crippen molar-refractivity contribution in [3.63, 3.8) is 0 Å². The maximum absolute atomic E-state index is 10.7. The first-order chi connectivity index (χ1) is 7.09. The zero-order chi connectivity index (χ0) is 11.3. The number of aliphatic hydroxyl groups excluding tert-OH is 1. The predicted molar refractivity (Wildman–Crippen MR) is 56.1 cm³/mol. The molecular formula is C10H16N2O3. The van der Waals surface area contributed by atoms with Gasteiger partial charge in [0.15, 0.2) is 0 Å². The van der Waals surface area contributed by atoms with E-state index in [1.165, 1.54) is 6.08 Å². The van der Waals surface area contributed by atoms with Crippen LogP contribution in [-0.4, -0.2) is 35.0 Å². The molecule has 1 aliphatic heterocycles. The van der Waals surface area contributed by atoms with Crippen molar-refractivity contribution in [2.24, 2.45) is 0 Å². The second-order valence-corrected chi connectivity index (χ2v) is 3.50. The molecule has 1 aliphatic rings. The van der Waals surface area contributed by atoms with Crippen LogP contribution in [0.15, 0.2) is 23.9 Å². The molecule has 4 N–H and O–H groups in total. The van der Waals surface area contributed by atoms with Gasteiger partial charge in [0.05, 0.1) is 17.8 Å². The minimum Gasteiger partial charge on any atom is -0.478 e. The van der Waals surface area contributed by atoms with Crippen molar-refractivity contribution in [2.75, 3.05) is 6.54 Å². The fraction of sp³-hybridized carbons (Fsp3) is 0.500. The van der Waals surface area contributed by atoms with Gasteiger partial charge in [-0.05, 0) is 38.2 Å². The van der Waals surface area contributed by atoms with Gasteiger partial charge in [0, 0.05) is 0 Å². The Morgan fingerprint density at radius 1 is 1.73 bits per heavy atom. The average molecular weight is 212 g/mol. The summed E-state index contributed by atoms with van der Waals surface area (Å²) in [5, 5.41) is 23.8. The third-order valence-electron chi connectivity index (χ3n) is 2.06. The van der Waals surface area contributed by atoms with Crippen molar-refractivity contribution < 1.29 is 15.0 Å². The summed E-state index contributed by atoms with van der Waals surface area (Å²) >= 11 is 0. The van der Waals surface area contributed by atoms with Gasteiger partial charge in [-0.15, -0.1) is 0 Å². The van der Waals surface area contributed by atoms with Gasteiger partial charge < -0.3 is 15.5 Å². The lowest BCUT2D eigenvalue weighted by atomic mass is 10.2. The SMILES string of the molecule is C[C@H](O)CCNC1C=C(C(=O)O)C=CN1. The fourth-order valence-electron chi connectivity index (χ4n) is 1.23. The molecule has 0 aliphatic carbocycles. The quantitative estimate of drug-likeness (QED) is 0.507. The van der Waals surface area contributed by atoms with Gasteiger partial charge in [0.25, 0.3) is 0 Å². The molecule has 0 aromatic heterocycles. The number of carboxylic acid groups (broad SMARTS) is 1. The molecule has 1 heterocycles. The van der Waals surface area contributed by atoms with Crippen LogP contribution in [0.4, 0.5) is 0 Å². The Morgan fingerprint density at radius 2 is 2.47 bits per heavy atom. The summed E-state index contributed by atoms with van der Waals surface area (Å²) in [7, 11) is 0. The van der Waals surface area contributed by atoms with Crippen LogP contribution < -0.4 is 10.6 Å². The molecule has 0 radical (unpaired) electrons. The molecule has 0 amide bonds. The average Bonchev–Trinajstić information content (AvgIpc) is 2.17. The lowest BCUT2D eigenvalue weighted by molar-refractivity contribution is -0.132. The standard InChI is InChI=1S/C10H16N2O3/c1-7(13)2-4-11-9-6-8(10(14)15)3-5-12-9/h3,5-7,9,11-13H,2,4H2,1H3,(H,14,15)/t7-,9?/m0/s1. The lowest BCUT2D eigenvalue weighted by Crippen LogP contribution is -2.41. The van der Waals surface area contributed by atoms with Crippen molar-refractivity contribution in [1.29, 1.82) is 0 Å². The Labute approximate surface area is 88.5 Å². The van der Waals surface area contributed by atoms with E-state index >= 15 is 0 Å². The zero-order valence-corrected chi connectivity index (χ0v) is 8.60. The number of rotatable bonds is 5. The Bertz CT molecular complexity index is 284. The summed E-state index contributed by atoms with van der Waals surface area (Å²) in [5.74, 6) is -0.935. The first-order valence-corrected chi connectivity index (χ1v) is 4.89. The molecule has 0 saturated heterocycles. The van der Waals surface area contributed by atoms with Gasteiger partial charge in [-0.3, -0.25) is 5.32 Å². The first-order valence-electron chi connectivity index (χ1n) is 4.89. The smallest absolute Gasteiger partial charge is 0.335 e. The van der Waals surface area contributed by atoms with Gasteiger partial charge in [-0.25, -0.2) is 4.79 Å². The lowest BCUT2D eigenvalue weighted by Gasteiger charge is -2.19. The van der Waals surface area contributed by atoms with E-state index in [1.807, 2.05) is 0 Å². The first kappa shape index (κ1) is 11.7. The van der Waals surface area contributed by atoms with E-state index in [1.54, 1.807) is 19.2 Å². The van der Waals surface area contributed by atoms with Crippen LogP contribution in [0, 0.1) is 0 Å². The highest BCUT2D eigenvalue weighted by atomic mass is 16.4. The number of aliphatic carboxylic acids is 1. The molecule has 5 nitrogen and oxygen atoms in total. The van der Waals surface area contributed by atoms with Gasteiger partial charge in [-0.1, -0.05) is 0 Å². The Kier molecular flexibility index (Phi) is 4.33. The van der Waals surface area contributed by atoms with E-state index < -0.39 is 5.97 Å². The number of hydrogen-bond donors (Lipinski definition) is 4. The van der Waals surface area contributed by atoms with Gasteiger partial charge in [-0.2, -0.15) is 0 Å². The highest BCUT2D eigenvalue weighted by Gasteiger charge is 2.12. The van der Waals surface area contributed by atoms with Crippen molar-refractivity contribution in [1.82, 2.24) is 10.6 Å². The molecule has 1 rings (SSSR count). The van der Waals surface area contributed by atoms with E-state index in [0.717, 1.165) is 0 Å². The molecule has 0 aromatic carbocycles. The maximum atomic E-state index is 10.7. The summed E-state index contributed by atoms with van der Waals surface area (Å²) < 4.78 is 0. The van der Waals surface area contributed by atoms with Crippen LogP contribution in [0.1, 0.15) is 13.3 Å². The molecule has 0 spiro atoms.